The van der Waals surface area contributed by atoms with E-state index in [1.54, 1.807) is 0 Å². The van der Waals surface area contributed by atoms with Gasteiger partial charge in [0.1, 0.15) is 0 Å². The molecular formula is C21H31N3O2. The Morgan fingerprint density at radius 1 is 1.27 bits per heavy atom. The van der Waals surface area contributed by atoms with E-state index in [2.05, 4.69) is 29.3 Å². The number of nitrogens with one attached hydrogen (secondary N) is 1. The molecule has 3 atom stereocenters. The molecule has 5 nitrogen and oxygen atoms in total. The first kappa shape index (κ1) is 17.8. The number of likely N-dealkylation sites (tertiary alicyclic amines) is 1. The molecule has 2 aliphatic heterocycles. The van der Waals surface area contributed by atoms with Crippen molar-refractivity contribution in [2.45, 2.75) is 57.0 Å². The van der Waals surface area contributed by atoms with Crippen LogP contribution in [0.1, 0.15) is 50.5 Å². The Morgan fingerprint density at radius 3 is 2.77 bits per heavy atom. The number of para-hydroxylation sites is 1. The van der Waals surface area contributed by atoms with Crippen LogP contribution in [0.4, 0.5) is 10.5 Å². The third kappa shape index (κ3) is 3.01. The van der Waals surface area contributed by atoms with E-state index in [-0.39, 0.29) is 18.7 Å². The van der Waals surface area contributed by atoms with Gasteiger partial charge in [-0.3, -0.25) is 9.80 Å². The zero-order valence-corrected chi connectivity index (χ0v) is 15.7. The zero-order chi connectivity index (χ0) is 18.1. The van der Waals surface area contributed by atoms with Crippen molar-refractivity contribution in [3.8, 4) is 0 Å². The van der Waals surface area contributed by atoms with Gasteiger partial charge in [0.15, 0.2) is 0 Å². The number of hydrogen-bond donors (Lipinski definition) is 2. The van der Waals surface area contributed by atoms with E-state index < -0.39 is 0 Å². The minimum atomic E-state index is 0.00557. The van der Waals surface area contributed by atoms with Crippen molar-refractivity contribution < 1.29 is 9.90 Å². The van der Waals surface area contributed by atoms with Crippen molar-refractivity contribution in [1.82, 2.24) is 10.2 Å². The van der Waals surface area contributed by atoms with Crippen LogP contribution in [-0.4, -0.2) is 54.4 Å². The van der Waals surface area contributed by atoms with Gasteiger partial charge in [0.2, 0.25) is 0 Å². The highest BCUT2D eigenvalue weighted by atomic mass is 16.3. The van der Waals surface area contributed by atoms with E-state index in [1.165, 1.54) is 31.2 Å². The van der Waals surface area contributed by atoms with Crippen LogP contribution >= 0.6 is 0 Å². The predicted octanol–water partition coefficient (Wildman–Crippen LogP) is 2.95. The number of fused-ring (bicyclic) bond motifs is 3. The summed E-state index contributed by atoms with van der Waals surface area (Å²) < 4.78 is 0. The van der Waals surface area contributed by atoms with Crippen molar-refractivity contribution in [3.63, 3.8) is 0 Å². The largest absolute Gasteiger partial charge is 0.395 e. The van der Waals surface area contributed by atoms with Gasteiger partial charge in [0, 0.05) is 43.3 Å². The maximum Gasteiger partial charge on any atom is 0.321 e. The summed E-state index contributed by atoms with van der Waals surface area (Å²) in [5.74, 6) is 1.09. The summed E-state index contributed by atoms with van der Waals surface area (Å²) in [6, 6.07) is 8.77. The molecule has 2 amide bonds. The van der Waals surface area contributed by atoms with Gasteiger partial charge < -0.3 is 10.4 Å². The molecule has 2 fully saturated rings. The summed E-state index contributed by atoms with van der Waals surface area (Å²) in [4.78, 5) is 17.1. The van der Waals surface area contributed by atoms with Gasteiger partial charge in [0.25, 0.3) is 0 Å². The maximum atomic E-state index is 12.7. The Hall–Kier alpha value is -1.59. The Morgan fingerprint density at radius 2 is 2.04 bits per heavy atom. The van der Waals surface area contributed by atoms with Crippen LogP contribution in [0.5, 0.6) is 0 Å². The number of nitrogens with zero attached hydrogens (tertiary/aromatic N) is 2. The second-order valence-electron chi connectivity index (χ2n) is 8.09. The van der Waals surface area contributed by atoms with E-state index >= 15 is 0 Å². The lowest BCUT2D eigenvalue weighted by molar-refractivity contribution is -0.0510. The molecule has 1 aliphatic carbocycles. The quantitative estimate of drug-likeness (QED) is 0.852. The van der Waals surface area contributed by atoms with Crippen LogP contribution in [0.25, 0.3) is 0 Å². The third-order valence-electron chi connectivity index (χ3n) is 6.54. The molecule has 2 N–H and O–H groups in total. The van der Waals surface area contributed by atoms with E-state index in [4.69, 9.17) is 0 Å². The normalized spacial score (nSPS) is 28.4. The molecular weight excluding hydrogens is 326 g/mol. The van der Waals surface area contributed by atoms with Gasteiger partial charge in [-0.15, -0.1) is 0 Å². The van der Waals surface area contributed by atoms with Gasteiger partial charge in [-0.25, -0.2) is 4.79 Å². The fourth-order valence-corrected chi connectivity index (χ4v) is 5.25. The molecule has 1 aromatic carbocycles. The second kappa shape index (κ2) is 7.57. The molecule has 2 heterocycles. The minimum absolute atomic E-state index is 0.00557. The van der Waals surface area contributed by atoms with Gasteiger partial charge in [-0.2, -0.15) is 0 Å². The van der Waals surface area contributed by atoms with Gasteiger partial charge in [0.05, 0.1) is 6.61 Å². The zero-order valence-electron chi connectivity index (χ0n) is 15.7. The number of aliphatic hydroxyl groups is 1. The molecule has 4 rings (SSSR count). The number of hydrogen-bond acceptors (Lipinski definition) is 3. The van der Waals surface area contributed by atoms with Crippen molar-refractivity contribution >= 4 is 11.7 Å². The number of carbonyl (C=O) groups excluding carboxylic acids is 1. The number of carbonyl (C=O) groups is 1. The lowest BCUT2D eigenvalue weighted by Crippen LogP contribution is -2.70. The molecule has 142 valence electrons. The predicted molar refractivity (Wildman–Crippen MR) is 104 cm³/mol. The number of aliphatic hydroxyl groups excluding tert-OH is 1. The van der Waals surface area contributed by atoms with Crippen molar-refractivity contribution in [1.29, 1.82) is 0 Å². The van der Waals surface area contributed by atoms with Crippen LogP contribution in [0.15, 0.2) is 24.3 Å². The number of amides is 2. The number of anilines is 1. The van der Waals surface area contributed by atoms with Crippen LogP contribution < -0.4 is 10.2 Å². The SMILES string of the molecule is CCCNC(=O)N1C[C@@H]2[C@H](c3ccccc31)[C@H](CO)N2CC1CCCC1. The van der Waals surface area contributed by atoms with Crippen molar-refractivity contribution in [2.75, 3.05) is 31.1 Å². The molecule has 0 aromatic heterocycles. The monoisotopic (exact) mass is 357 g/mol. The van der Waals surface area contributed by atoms with Crippen LogP contribution in [0, 0.1) is 5.92 Å². The first-order chi connectivity index (χ1) is 12.7. The van der Waals surface area contributed by atoms with Gasteiger partial charge in [-0.1, -0.05) is 38.0 Å². The van der Waals surface area contributed by atoms with Crippen molar-refractivity contribution in [3.05, 3.63) is 29.8 Å². The first-order valence-electron chi connectivity index (χ1n) is 10.3. The summed E-state index contributed by atoms with van der Waals surface area (Å²) in [5, 5.41) is 13.1. The van der Waals surface area contributed by atoms with Crippen molar-refractivity contribution in [2.24, 2.45) is 5.92 Å². The molecule has 0 spiro atoms. The molecule has 3 aliphatic rings. The smallest absolute Gasteiger partial charge is 0.321 e. The average Bonchev–Trinajstić information content (AvgIpc) is 3.17. The Labute approximate surface area is 156 Å². The molecule has 5 heteroatoms. The summed E-state index contributed by atoms with van der Waals surface area (Å²) in [6.45, 7) is 4.77. The third-order valence-corrected chi connectivity index (χ3v) is 6.54. The lowest BCUT2D eigenvalue weighted by atomic mass is 9.71. The highest BCUT2D eigenvalue weighted by Gasteiger charge is 2.53. The summed E-state index contributed by atoms with van der Waals surface area (Å²) in [6.07, 6.45) is 6.23. The van der Waals surface area contributed by atoms with Gasteiger partial charge >= 0.3 is 6.03 Å². The molecule has 0 bridgehead atoms. The second-order valence-corrected chi connectivity index (χ2v) is 8.09. The van der Waals surface area contributed by atoms with Crippen LogP contribution in [0.2, 0.25) is 0 Å². The Kier molecular flexibility index (Phi) is 5.18. The highest BCUT2D eigenvalue weighted by molar-refractivity contribution is 5.94. The Balaban J connectivity index is 1.58. The van der Waals surface area contributed by atoms with E-state index in [1.807, 2.05) is 17.0 Å². The van der Waals surface area contributed by atoms with E-state index in [9.17, 15) is 9.90 Å². The lowest BCUT2D eigenvalue weighted by Gasteiger charge is -2.59. The number of benzene rings is 1. The van der Waals surface area contributed by atoms with Crippen LogP contribution in [0.3, 0.4) is 0 Å². The van der Waals surface area contributed by atoms with E-state index in [0.29, 0.717) is 18.5 Å². The van der Waals surface area contributed by atoms with Gasteiger partial charge in [-0.05, 0) is 36.8 Å². The molecule has 26 heavy (non-hydrogen) atoms. The summed E-state index contributed by atoms with van der Waals surface area (Å²) in [5.41, 5.74) is 2.23. The standard InChI is InChI=1S/C21H31N3O2/c1-2-11-22-21(26)24-13-18-20(16-9-5-6-10-17(16)24)19(14-25)23(18)12-15-7-3-4-8-15/h5-6,9-10,15,18-20,25H,2-4,7-8,11-14H2,1H3,(H,22,26)/t18-,19+,20+/m1/s1. The number of rotatable bonds is 5. The molecule has 0 unspecified atom stereocenters. The van der Waals surface area contributed by atoms with E-state index in [0.717, 1.165) is 31.1 Å². The fraction of sp³-hybridized carbons (Fsp3) is 0.667. The molecule has 1 saturated heterocycles. The summed E-state index contributed by atoms with van der Waals surface area (Å²) in [7, 11) is 0. The fourth-order valence-electron chi connectivity index (χ4n) is 5.25. The summed E-state index contributed by atoms with van der Waals surface area (Å²) >= 11 is 0. The average molecular weight is 357 g/mol. The first-order valence-corrected chi connectivity index (χ1v) is 10.3. The molecule has 0 radical (unpaired) electrons. The topological polar surface area (TPSA) is 55.8 Å². The minimum Gasteiger partial charge on any atom is -0.395 e. The molecule has 1 saturated carbocycles. The molecule has 1 aromatic rings. The number of urea groups is 1. The Bertz CT molecular complexity index is 644. The highest BCUT2D eigenvalue weighted by Crippen LogP contribution is 2.48. The van der Waals surface area contributed by atoms with Crippen LogP contribution in [-0.2, 0) is 0 Å². The maximum absolute atomic E-state index is 12.7.